The Kier molecular flexibility index (Phi) is 7.32. The average molecular weight is 437 g/mol. The Morgan fingerprint density at radius 1 is 0.821 bits per heavy atom. The molecule has 0 unspecified atom stereocenters. The lowest BCUT2D eigenvalue weighted by Crippen LogP contribution is -2.04. The number of nitrogens with one attached hydrogen (secondary N) is 1. The van der Waals surface area contributed by atoms with Crippen molar-refractivity contribution in [2.45, 2.75) is 20.1 Å². The molecule has 3 rings (SSSR count). The standard InChI is InChI=1S/C22H20Cl3NO2/c1-2-27-21-10-16(13-26-20-11-17(23)8-9-18(20)24)19(25)12-22(21)28-14-15-6-4-3-5-7-15/h3-12,26H,2,13-14H2,1H3. The van der Waals surface area contributed by atoms with Crippen molar-refractivity contribution in [2.24, 2.45) is 0 Å². The van der Waals surface area contributed by atoms with E-state index in [1.807, 2.05) is 43.3 Å². The third kappa shape index (κ3) is 5.48. The van der Waals surface area contributed by atoms with Gasteiger partial charge in [-0.2, -0.15) is 0 Å². The lowest BCUT2D eigenvalue weighted by molar-refractivity contribution is 0.269. The highest BCUT2D eigenvalue weighted by atomic mass is 35.5. The van der Waals surface area contributed by atoms with Gasteiger partial charge in [-0.25, -0.2) is 0 Å². The molecule has 28 heavy (non-hydrogen) atoms. The van der Waals surface area contributed by atoms with Crippen molar-refractivity contribution in [1.82, 2.24) is 0 Å². The Bertz CT molecular complexity index is 933. The maximum Gasteiger partial charge on any atom is 0.163 e. The van der Waals surface area contributed by atoms with Gasteiger partial charge in [0.1, 0.15) is 6.61 Å². The molecule has 0 atom stereocenters. The number of anilines is 1. The van der Waals surface area contributed by atoms with E-state index in [1.165, 1.54) is 0 Å². The van der Waals surface area contributed by atoms with E-state index in [2.05, 4.69) is 5.32 Å². The van der Waals surface area contributed by atoms with Crippen LogP contribution in [0, 0.1) is 0 Å². The molecule has 0 aliphatic carbocycles. The third-order valence-electron chi connectivity index (χ3n) is 4.05. The van der Waals surface area contributed by atoms with Crippen molar-refractivity contribution in [1.29, 1.82) is 0 Å². The summed E-state index contributed by atoms with van der Waals surface area (Å²) in [6.07, 6.45) is 0. The smallest absolute Gasteiger partial charge is 0.163 e. The normalized spacial score (nSPS) is 10.6. The molecule has 0 fully saturated rings. The van der Waals surface area contributed by atoms with Crippen LogP contribution in [0.15, 0.2) is 60.7 Å². The van der Waals surface area contributed by atoms with Gasteiger partial charge in [-0.1, -0.05) is 65.1 Å². The first-order valence-corrected chi connectivity index (χ1v) is 10.0. The van der Waals surface area contributed by atoms with Gasteiger partial charge in [0.05, 0.1) is 17.3 Å². The molecule has 0 amide bonds. The number of rotatable bonds is 8. The van der Waals surface area contributed by atoms with Gasteiger partial charge in [0, 0.05) is 22.7 Å². The highest BCUT2D eigenvalue weighted by Crippen LogP contribution is 2.35. The molecular formula is C22H20Cl3NO2. The number of hydrogen-bond donors (Lipinski definition) is 1. The van der Waals surface area contributed by atoms with Crippen molar-refractivity contribution in [3.05, 3.63) is 86.9 Å². The van der Waals surface area contributed by atoms with Gasteiger partial charge < -0.3 is 14.8 Å². The van der Waals surface area contributed by atoms with Gasteiger partial charge in [0.25, 0.3) is 0 Å². The minimum absolute atomic E-state index is 0.437. The molecule has 0 aromatic heterocycles. The van der Waals surface area contributed by atoms with Crippen LogP contribution >= 0.6 is 34.8 Å². The summed E-state index contributed by atoms with van der Waals surface area (Å²) in [5.74, 6) is 1.26. The lowest BCUT2D eigenvalue weighted by atomic mass is 10.2. The second-order valence-electron chi connectivity index (χ2n) is 6.08. The Morgan fingerprint density at radius 2 is 1.57 bits per heavy atom. The van der Waals surface area contributed by atoms with Crippen LogP contribution in [0.3, 0.4) is 0 Å². The van der Waals surface area contributed by atoms with Crippen LogP contribution in [0.25, 0.3) is 0 Å². The monoisotopic (exact) mass is 435 g/mol. The van der Waals surface area contributed by atoms with Gasteiger partial charge in [0.2, 0.25) is 0 Å². The first kappa shape index (κ1) is 20.7. The molecule has 0 aliphatic heterocycles. The zero-order chi connectivity index (χ0) is 19.9. The third-order valence-corrected chi connectivity index (χ3v) is 4.96. The fourth-order valence-electron chi connectivity index (χ4n) is 2.65. The maximum absolute atomic E-state index is 6.49. The molecule has 0 saturated heterocycles. The number of hydrogen-bond acceptors (Lipinski definition) is 3. The van der Waals surface area contributed by atoms with E-state index in [0.717, 1.165) is 16.8 Å². The summed E-state index contributed by atoms with van der Waals surface area (Å²) in [7, 11) is 0. The number of halogens is 3. The Hall–Kier alpha value is -2.07. The summed E-state index contributed by atoms with van der Waals surface area (Å²) in [6, 6.07) is 18.9. The minimum Gasteiger partial charge on any atom is -0.490 e. The fourth-order valence-corrected chi connectivity index (χ4v) is 3.23. The molecule has 0 spiro atoms. The molecule has 0 heterocycles. The van der Waals surface area contributed by atoms with E-state index in [1.54, 1.807) is 24.3 Å². The number of benzene rings is 3. The van der Waals surface area contributed by atoms with E-state index in [9.17, 15) is 0 Å². The predicted molar refractivity (Wildman–Crippen MR) is 117 cm³/mol. The Labute approximate surface area is 180 Å². The van der Waals surface area contributed by atoms with E-state index in [4.69, 9.17) is 44.3 Å². The average Bonchev–Trinajstić information content (AvgIpc) is 2.70. The fraction of sp³-hybridized carbons (Fsp3) is 0.182. The van der Waals surface area contributed by atoms with E-state index < -0.39 is 0 Å². The first-order chi connectivity index (χ1) is 13.6. The summed E-state index contributed by atoms with van der Waals surface area (Å²) in [4.78, 5) is 0. The van der Waals surface area contributed by atoms with Crippen LogP contribution in [-0.2, 0) is 13.2 Å². The van der Waals surface area contributed by atoms with Gasteiger partial charge in [0.15, 0.2) is 11.5 Å². The summed E-state index contributed by atoms with van der Waals surface area (Å²) in [5, 5.41) is 5.04. The molecule has 0 saturated carbocycles. The molecule has 0 bridgehead atoms. The zero-order valence-electron chi connectivity index (χ0n) is 15.3. The second kappa shape index (κ2) is 9.92. The van der Waals surface area contributed by atoms with Crippen molar-refractivity contribution >= 4 is 40.5 Å². The van der Waals surface area contributed by atoms with Crippen LogP contribution in [0.5, 0.6) is 11.5 Å². The molecule has 1 N–H and O–H groups in total. The molecule has 3 aromatic rings. The van der Waals surface area contributed by atoms with E-state index >= 15 is 0 Å². The van der Waals surface area contributed by atoms with Crippen LogP contribution < -0.4 is 14.8 Å². The van der Waals surface area contributed by atoms with E-state index in [0.29, 0.717) is 46.3 Å². The summed E-state index contributed by atoms with van der Waals surface area (Å²) < 4.78 is 11.7. The number of ether oxygens (including phenoxy) is 2. The highest BCUT2D eigenvalue weighted by molar-refractivity contribution is 6.35. The maximum atomic E-state index is 6.49. The minimum atomic E-state index is 0.437. The first-order valence-electron chi connectivity index (χ1n) is 8.87. The molecular weight excluding hydrogens is 417 g/mol. The quantitative estimate of drug-likeness (QED) is 0.404. The molecule has 3 aromatic carbocycles. The van der Waals surface area contributed by atoms with Crippen molar-refractivity contribution in [2.75, 3.05) is 11.9 Å². The summed E-state index contributed by atoms with van der Waals surface area (Å²) >= 11 is 18.7. The topological polar surface area (TPSA) is 30.5 Å². The van der Waals surface area contributed by atoms with Crippen LogP contribution in [-0.4, -0.2) is 6.61 Å². The van der Waals surface area contributed by atoms with Gasteiger partial charge in [-0.05, 0) is 42.3 Å². The molecule has 0 radical (unpaired) electrons. The van der Waals surface area contributed by atoms with Gasteiger partial charge in [-0.3, -0.25) is 0 Å². The molecule has 0 aliphatic rings. The zero-order valence-corrected chi connectivity index (χ0v) is 17.6. The summed E-state index contributed by atoms with van der Waals surface area (Å²) in [5.41, 5.74) is 2.68. The Balaban J connectivity index is 1.76. The second-order valence-corrected chi connectivity index (χ2v) is 7.33. The summed E-state index contributed by atoms with van der Waals surface area (Å²) in [6.45, 7) is 3.36. The van der Waals surface area contributed by atoms with Crippen LogP contribution in [0.4, 0.5) is 5.69 Å². The molecule has 3 nitrogen and oxygen atoms in total. The van der Waals surface area contributed by atoms with E-state index in [-0.39, 0.29) is 0 Å². The van der Waals surface area contributed by atoms with Crippen molar-refractivity contribution < 1.29 is 9.47 Å². The van der Waals surface area contributed by atoms with Gasteiger partial charge >= 0.3 is 0 Å². The Morgan fingerprint density at radius 3 is 2.32 bits per heavy atom. The largest absolute Gasteiger partial charge is 0.490 e. The van der Waals surface area contributed by atoms with Crippen molar-refractivity contribution in [3.8, 4) is 11.5 Å². The van der Waals surface area contributed by atoms with Gasteiger partial charge in [-0.15, -0.1) is 0 Å². The lowest BCUT2D eigenvalue weighted by Gasteiger charge is -2.16. The molecule has 146 valence electrons. The van der Waals surface area contributed by atoms with Crippen LogP contribution in [0.1, 0.15) is 18.1 Å². The molecule has 6 heteroatoms. The highest BCUT2D eigenvalue weighted by Gasteiger charge is 2.12. The van der Waals surface area contributed by atoms with Crippen molar-refractivity contribution in [3.63, 3.8) is 0 Å². The SMILES string of the molecule is CCOc1cc(CNc2cc(Cl)ccc2Cl)c(Cl)cc1OCc1ccccc1. The van der Waals surface area contributed by atoms with Crippen LogP contribution in [0.2, 0.25) is 15.1 Å². The predicted octanol–water partition coefficient (Wildman–Crippen LogP) is 7.24.